The molecule has 2 fully saturated rings. The van der Waals surface area contributed by atoms with Crippen LogP contribution in [-0.2, 0) is 19.6 Å². The van der Waals surface area contributed by atoms with Crippen LogP contribution in [0.5, 0.6) is 0 Å². The lowest BCUT2D eigenvalue weighted by molar-refractivity contribution is -0.163. The largest absolute Gasteiger partial charge is 0.481 e. The molecule has 0 aromatic heterocycles. The smallest absolute Gasteiger partial charge is 0.312 e. The number of hydrogen-bond acceptors (Lipinski definition) is 4. The Morgan fingerprint density at radius 3 is 2.35 bits per heavy atom. The fourth-order valence-corrected chi connectivity index (χ4v) is 4.75. The lowest BCUT2D eigenvalue weighted by Gasteiger charge is -2.35. The second-order valence-electron chi connectivity index (χ2n) is 6.42. The molecule has 1 aromatic rings. The van der Waals surface area contributed by atoms with E-state index in [2.05, 4.69) is 0 Å². The number of anilines is 1. The van der Waals surface area contributed by atoms with Crippen molar-refractivity contribution >= 4 is 27.6 Å². The number of hydrogen-bond donors (Lipinski definition) is 1. The Morgan fingerprint density at radius 2 is 1.85 bits per heavy atom. The van der Waals surface area contributed by atoms with Crippen LogP contribution in [-0.4, -0.2) is 55.3 Å². The lowest BCUT2D eigenvalue weighted by Crippen LogP contribution is -2.52. The van der Waals surface area contributed by atoms with Crippen LogP contribution in [0.1, 0.15) is 19.3 Å². The van der Waals surface area contributed by atoms with Crippen LogP contribution in [0.2, 0.25) is 0 Å². The Kier molecular flexibility index (Phi) is 4.74. The van der Waals surface area contributed by atoms with Crippen LogP contribution in [0.4, 0.5) is 14.5 Å². The van der Waals surface area contributed by atoms with Crippen LogP contribution in [0, 0.1) is 5.92 Å². The van der Waals surface area contributed by atoms with Crippen molar-refractivity contribution in [1.82, 2.24) is 4.31 Å². The van der Waals surface area contributed by atoms with Crippen LogP contribution in [0.25, 0.3) is 0 Å². The fraction of sp³-hybridized carbons (Fsp3) is 0.500. The highest BCUT2D eigenvalue weighted by Gasteiger charge is 2.51. The third-order valence-electron chi connectivity index (χ3n) is 4.72. The van der Waals surface area contributed by atoms with Gasteiger partial charge in [0, 0.05) is 25.2 Å². The summed E-state index contributed by atoms with van der Waals surface area (Å²) in [6.45, 7) is -0.903. The Hall–Kier alpha value is -2.07. The van der Waals surface area contributed by atoms with Gasteiger partial charge in [0.15, 0.2) is 0 Å². The van der Waals surface area contributed by atoms with Crippen LogP contribution < -0.4 is 4.90 Å². The van der Waals surface area contributed by atoms with E-state index >= 15 is 0 Å². The number of piperidine rings is 1. The van der Waals surface area contributed by atoms with E-state index in [4.69, 9.17) is 5.11 Å². The lowest BCUT2D eigenvalue weighted by atomic mass is 9.94. The molecule has 1 N–H and O–H groups in total. The van der Waals surface area contributed by atoms with Gasteiger partial charge in [0.05, 0.1) is 11.4 Å². The van der Waals surface area contributed by atoms with Gasteiger partial charge in [-0.3, -0.25) is 9.59 Å². The molecule has 1 amide bonds. The molecule has 3 rings (SSSR count). The van der Waals surface area contributed by atoms with Crippen molar-refractivity contribution in [2.75, 3.05) is 24.5 Å². The first kappa shape index (κ1) is 18.7. The molecule has 0 saturated carbocycles. The number of carboxylic acids is 1. The number of nitrogens with zero attached hydrogens (tertiary/aromatic N) is 2. The Balaban J connectivity index is 1.80. The average molecular weight is 388 g/mol. The summed E-state index contributed by atoms with van der Waals surface area (Å²) >= 11 is 0. The maximum atomic E-state index is 14.0. The summed E-state index contributed by atoms with van der Waals surface area (Å²) in [7, 11) is -4.18. The van der Waals surface area contributed by atoms with Gasteiger partial charge in [0.25, 0.3) is 5.92 Å². The number of alkyl halides is 2. The molecule has 2 heterocycles. The van der Waals surface area contributed by atoms with Gasteiger partial charge in [-0.25, -0.2) is 17.2 Å². The molecule has 2 saturated heterocycles. The van der Waals surface area contributed by atoms with Crippen molar-refractivity contribution in [3.63, 3.8) is 0 Å². The van der Waals surface area contributed by atoms with Crippen LogP contribution >= 0.6 is 0 Å². The van der Waals surface area contributed by atoms with Gasteiger partial charge in [-0.2, -0.15) is 4.31 Å². The number of sulfonamides is 1. The molecule has 0 spiro atoms. The number of benzene rings is 1. The van der Waals surface area contributed by atoms with Gasteiger partial charge >= 0.3 is 5.97 Å². The Morgan fingerprint density at radius 1 is 1.19 bits per heavy atom. The van der Waals surface area contributed by atoms with Crippen molar-refractivity contribution in [1.29, 1.82) is 0 Å². The van der Waals surface area contributed by atoms with E-state index in [-0.39, 0.29) is 17.3 Å². The van der Waals surface area contributed by atoms with E-state index in [1.165, 1.54) is 24.3 Å². The molecule has 1 atom stereocenters. The van der Waals surface area contributed by atoms with Crippen LogP contribution in [0.15, 0.2) is 29.2 Å². The zero-order chi connectivity index (χ0) is 19.1. The minimum Gasteiger partial charge on any atom is -0.481 e. The summed E-state index contributed by atoms with van der Waals surface area (Å²) in [4.78, 5) is 24.0. The summed E-state index contributed by atoms with van der Waals surface area (Å²) in [6.07, 6.45) is 0.710. The van der Waals surface area contributed by atoms with Gasteiger partial charge in [-0.05, 0) is 37.1 Å². The number of halogens is 2. The molecule has 1 aromatic carbocycles. The van der Waals surface area contributed by atoms with E-state index in [1.807, 2.05) is 0 Å². The fourth-order valence-electron chi connectivity index (χ4n) is 3.29. The number of carbonyl (C=O) groups excluding carboxylic acids is 1. The highest BCUT2D eigenvalue weighted by atomic mass is 32.2. The quantitative estimate of drug-likeness (QED) is 0.844. The second-order valence-corrected chi connectivity index (χ2v) is 8.36. The molecule has 2 aliphatic rings. The molecule has 1 unspecified atom stereocenters. The third-order valence-corrected chi connectivity index (χ3v) is 6.58. The molecule has 26 heavy (non-hydrogen) atoms. The molecule has 142 valence electrons. The van der Waals surface area contributed by atoms with E-state index in [0.29, 0.717) is 23.0 Å². The Bertz CT molecular complexity index is 826. The predicted octanol–water partition coefficient (Wildman–Crippen LogP) is 1.54. The molecule has 0 bridgehead atoms. The van der Waals surface area contributed by atoms with Crippen LogP contribution in [0.3, 0.4) is 0 Å². The minimum atomic E-state index is -4.18. The van der Waals surface area contributed by atoms with Crippen molar-refractivity contribution in [2.24, 2.45) is 5.92 Å². The summed E-state index contributed by atoms with van der Waals surface area (Å²) < 4.78 is 53.8. The topological polar surface area (TPSA) is 95.0 Å². The highest BCUT2D eigenvalue weighted by Crippen LogP contribution is 2.35. The van der Waals surface area contributed by atoms with Gasteiger partial charge in [0.1, 0.15) is 5.92 Å². The number of carboxylic acid groups (broad SMARTS) is 1. The zero-order valence-electron chi connectivity index (χ0n) is 13.8. The standard InChI is InChI=1S/C16H18F2N2O5S/c17-16(18)10-19(9-7-13(16)15(22)23)26(24,25)12-5-3-11(4-6-12)20-8-1-2-14(20)21/h3-6,13H,1-2,7-10H2,(H,22,23). The summed E-state index contributed by atoms with van der Waals surface area (Å²) in [6, 6.07) is 5.49. The maximum Gasteiger partial charge on any atom is 0.312 e. The van der Waals surface area contributed by atoms with E-state index in [9.17, 15) is 26.8 Å². The van der Waals surface area contributed by atoms with Gasteiger partial charge in [-0.15, -0.1) is 0 Å². The highest BCUT2D eigenvalue weighted by molar-refractivity contribution is 7.89. The first-order valence-electron chi connectivity index (χ1n) is 8.14. The van der Waals surface area contributed by atoms with E-state index in [0.717, 1.165) is 6.42 Å². The molecule has 0 aliphatic carbocycles. The average Bonchev–Trinajstić information content (AvgIpc) is 2.99. The molecular weight excluding hydrogens is 370 g/mol. The van der Waals surface area contributed by atoms with Gasteiger partial charge in [-0.1, -0.05) is 0 Å². The molecular formula is C16H18F2N2O5S. The minimum absolute atomic E-state index is 0.0454. The third kappa shape index (κ3) is 3.30. The number of rotatable bonds is 4. The van der Waals surface area contributed by atoms with E-state index in [1.54, 1.807) is 4.90 Å². The SMILES string of the molecule is O=C(O)C1CCN(S(=O)(=O)c2ccc(N3CCCC3=O)cc2)CC1(F)F. The van der Waals surface area contributed by atoms with Crippen molar-refractivity contribution in [2.45, 2.75) is 30.1 Å². The maximum absolute atomic E-state index is 14.0. The number of aliphatic carboxylic acids is 1. The normalized spacial score (nSPS) is 24.0. The van der Waals surface area contributed by atoms with Crippen molar-refractivity contribution in [3.8, 4) is 0 Å². The molecule has 7 nitrogen and oxygen atoms in total. The Labute approximate surface area is 149 Å². The molecule has 2 aliphatic heterocycles. The first-order valence-corrected chi connectivity index (χ1v) is 9.58. The van der Waals surface area contributed by atoms with Gasteiger partial charge < -0.3 is 10.0 Å². The summed E-state index contributed by atoms with van der Waals surface area (Å²) in [5, 5.41) is 8.86. The first-order chi connectivity index (χ1) is 12.1. The second kappa shape index (κ2) is 6.58. The number of carbonyl (C=O) groups is 2. The zero-order valence-corrected chi connectivity index (χ0v) is 14.6. The van der Waals surface area contributed by atoms with Crippen molar-refractivity contribution < 1.29 is 31.9 Å². The number of amides is 1. The molecule has 0 radical (unpaired) electrons. The van der Waals surface area contributed by atoms with Crippen molar-refractivity contribution in [3.05, 3.63) is 24.3 Å². The summed E-state index contributed by atoms with van der Waals surface area (Å²) in [5.74, 6) is -7.21. The monoisotopic (exact) mass is 388 g/mol. The predicted molar refractivity (Wildman–Crippen MR) is 87.5 cm³/mol. The summed E-state index contributed by atoms with van der Waals surface area (Å²) in [5.41, 5.74) is 0.557. The molecule has 10 heteroatoms. The van der Waals surface area contributed by atoms with Gasteiger partial charge in [0.2, 0.25) is 15.9 Å². The van der Waals surface area contributed by atoms with E-state index < -0.39 is 40.8 Å².